The summed E-state index contributed by atoms with van der Waals surface area (Å²) in [5, 5.41) is 0. The molecule has 0 bridgehead atoms. The van der Waals surface area contributed by atoms with E-state index in [0.717, 1.165) is 0 Å². The normalized spacial score (nSPS) is 19.1. The van der Waals surface area contributed by atoms with Gasteiger partial charge in [0.15, 0.2) is 0 Å². The van der Waals surface area contributed by atoms with E-state index in [-0.39, 0.29) is 0 Å². The second-order valence-corrected chi connectivity index (χ2v) is 20.7. The number of unbranched alkanes of at least 4 members (excludes halogenated alkanes) is 22. The van der Waals surface area contributed by atoms with E-state index in [1.54, 1.807) is 19.6 Å². The van der Waals surface area contributed by atoms with E-state index in [9.17, 15) is 0 Å². The van der Waals surface area contributed by atoms with Gasteiger partial charge in [-0.3, -0.25) is 0 Å². The van der Waals surface area contributed by atoms with Crippen molar-refractivity contribution < 1.29 is 0 Å². The first-order chi connectivity index (χ1) is 20.7. The van der Waals surface area contributed by atoms with Crippen molar-refractivity contribution in [1.82, 2.24) is 0 Å². The van der Waals surface area contributed by atoms with Crippen molar-refractivity contribution in [2.45, 2.75) is 189 Å². The highest BCUT2D eigenvalue weighted by molar-refractivity contribution is 9.11. The molecule has 2 aliphatic heterocycles. The van der Waals surface area contributed by atoms with Crippen LogP contribution < -0.4 is 0 Å². The van der Waals surface area contributed by atoms with Gasteiger partial charge in [0.25, 0.3) is 0 Å². The predicted molar refractivity (Wildman–Crippen MR) is 211 cm³/mol. The molecule has 0 N–H and O–H groups in total. The summed E-state index contributed by atoms with van der Waals surface area (Å²) in [5.74, 6) is 2.60. The molecule has 2 atom stereocenters. The average molecular weight is 785 g/mol. The monoisotopic (exact) mass is 782 g/mol. The van der Waals surface area contributed by atoms with Crippen molar-refractivity contribution >= 4 is 78.9 Å². The van der Waals surface area contributed by atoms with Crippen LogP contribution in [0.4, 0.5) is 0 Å². The lowest BCUT2D eigenvalue weighted by atomic mass is 10.1. The van der Waals surface area contributed by atoms with Crippen LogP contribution in [0.3, 0.4) is 0 Å². The maximum atomic E-state index is 3.96. The number of hydrogen-bond donors (Lipinski definition) is 0. The molecule has 2 aliphatic rings. The Morgan fingerprint density at radius 2 is 0.714 bits per heavy atom. The highest BCUT2D eigenvalue weighted by atomic mass is 79.9. The van der Waals surface area contributed by atoms with E-state index in [2.05, 4.69) is 92.8 Å². The fraction of sp³-hybridized carbons (Fsp3) is 0.889. The summed E-state index contributed by atoms with van der Waals surface area (Å²) in [4.78, 5) is 6.56. The quantitative estimate of drug-likeness (QED) is 0.0547. The molecular weight excluding hydrogens is 720 g/mol. The number of thioether (sulfide) groups is 4. The van der Waals surface area contributed by atoms with Crippen molar-refractivity contribution in [3.63, 3.8) is 0 Å². The molecule has 0 aromatic heterocycles. The Hall–Kier alpha value is 1.84. The number of allylic oxidation sites excluding steroid dienone is 2. The van der Waals surface area contributed by atoms with Crippen LogP contribution in [-0.4, -0.2) is 19.8 Å². The van der Waals surface area contributed by atoms with Crippen molar-refractivity contribution in [1.29, 1.82) is 0 Å². The highest BCUT2D eigenvalue weighted by Crippen LogP contribution is 2.57. The SMILES string of the molecule is CCCCCCCCCCCCCCSC1=C(C2=C(SCCCCCCCCCCCCCC)CC(Br)S2)SC(Br)C1. The van der Waals surface area contributed by atoms with Gasteiger partial charge < -0.3 is 0 Å². The second-order valence-electron chi connectivity index (χ2n) is 12.4. The van der Waals surface area contributed by atoms with Crippen LogP contribution in [0.1, 0.15) is 181 Å². The minimum Gasteiger partial charge on any atom is -0.129 e. The van der Waals surface area contributed by atoms with Crippen LogP contribution in [0.25, 0.3) is 0 Å². The first-order valence-electron chi connectivity index (χ1n) is 18.0. The lowest BCUT2D eigenvalue weighted by molar-refractivity contribution is 0.548. The minimum atomic E-state index is 0.557. The van der Waals surface area contributed by atoms with Gasteiger partial charge in [-0.05, 0) is 24.3 Å². The number of alkyl halides is 2. The van der Waals surface area contributed by atoms with E-state index >= 15 is 0 Å². The Morgan fingerprint density at radius 1 is 0.452 bits per heavy atom. The van der Waals surface area contributed by atoms with Crippen molar-refractivity contribution in [2.24, 2.45) is 0 Å². The maximum Gasteiger partial charge on any atom is 0.0693 e. The van der Waals surface area contributed by atoms with Gasteiger partial charge in [0.1, 0.15) is 0 Å². The summed E-state index contributed by atoms with van der Waals surface area (Å²) in [5.41, 5.74) is 0. The van der Waals surface area contributed by atoms with Gasteiger partial charge in [-0.2, -0.15) is 0 Å². The first kappa shape index (κ1) is 40.0. The molecule has 0 aromatic rings. The average Bonchev–Trinajstić information content (AvgIpc) is 3.54. The predicted octanol–water partition coefficient (Wildman–Crippen LogP) is 16.0. The van der Waals surface area contributed by atoms with Crippen LogP contribution in [0, 0.1) is 0 Å². The first-order valence-corrected chi connectivity index (χ1v) is 23.6. The van der Waals surface area contributed by atoms with Gasteiger partial charge in [-0.25, -0.2) is 0 Å². The smallest absolute Gasteiger partial charge is 0.0693 e. The van der Waals surface area contributed by atoms with Crippen LogP contribution in [0.5, 0.6) is 0 Å². The molecule has 0 aromatic carbocycles. The number of halogens is 2. The topological polar surface area (TPSA) is 0 Å². The van der Waals surface area contributed by atoms with E-state index in [4.69, 9.17) is 0 Å². The summed E-state index contributed by atoms with van der Waals surface area (Å²) in [7, 11) is 0. The Bertz CT molecular complexity index is 663. The second kappa shape index (κ2) is 27.9. The van der Waals surface area contributed by atoms with Gasteiger partial charge in [-0.1, -0.05) is 187 Å². The third-order valence-corrected chi connectivity index (χ3v) is 15.2. The van der Waals surface area contributed by atoms with Crippen molar-refractivity contribution in [2.75, 3.05) is 11.5 Å². The zero-order valence-electron chi connectivity index (χ0n) is 27.3. The third kappa shape index (κ3) is 19.5. The minimum absolute atomic E-state index is 0.557. The van der Waals surface area contributed by atoms with E-state index < -0.39 is 0 Å². The molecule has 0 fully saturated rings. The maximum absolute atomic E-state index is 3.96. The van der Waals surface area contributed by atoms with Crippen molar-refractivity contribution in [3.05, 3.63) is 19.6 Å². The molecule has 2 rings (SSSR count). The standard InChI is InChI=1S/C36H64Br2S4/c1-3-5-7-9-11-13-15-17-19-21-23-25-27-39-31-29-33(37)41-35(31)36-32(30-34(38)42-36)40-28-26-24-22-20-18-16-14-12-10-8-6-4-2/h33-34H,3-30H2,1-2H3. The van der Waals surface area contributed by atoms with Crippen LogP contribution in [0.2, 0.25) is 0 Å². The zero-order chi connectivity index (χ0) is 30.1. The van der Waals surface area contributed by atoms with Crippen LogP contribution in [0.15, 0.2) is 19.6 Å². The molecule has 2 heterocycles. The summed E-state index contributed by atoms with van der Waals surface area (Å²) >= 11 is 16.4. The fourth-order valence-electron chi connectivity index (χ4n) is 5.83. The lowest BCUT2D eigenvalue weighted by Crippen LogP contribution is -1.88. The molecule has 246 valence electrons. The molecule has 0 amide bonds. The number of rotatable bonds is 29. The van der Waals surface area contributed by atoms with Gasteiger partial charge in [0.2, 0.25) is 0 Å². The Labute approximate surface area is 296 Å². The molecule has 2 unspecified atom stereocenters. The molecule has 0 saturated heterocycles. The van der Waals surface area contributed by atoms with Gasteiger partial charge in [0, 0.05) is 32.5 Å². The summed E-state index contributed by atoms with van der Waals surface area (Å²) < 4.78 is 1.11. The van der Waals surface area contributed by atoms with E-state index in [1.165, 1.54) is 178 Å². The molecule has 6 heteroatoms. The van der Waals surface area contributed by atoms with Crippen LogP contribution >= 0.6 is 78.9 Å². The van der Waals surface area contributed by atoms with Gasteiger partial charge in [-0.15, -0.1) is 47.0 Å². The molecule has 0 nitrogen and oxygen atoms in total. The highest BCUT2D eigenvalue weighted by Gasteiger charge is 2.32. The van der Waals surface area contributed by atoms with E-state index in [1.807, 2.05) is 0 Å². The third-order valence-electron chi connectivity index (χ3n) is 8.44. The molecule has 0 spiro atoms. The Balaban J connectivity index is 1.59. The van der Waals surface area contributed by atoms with Gasteiger partial charge in [0.05, 0.1) is 8.32 Å². The van der Waals surface area contributed by atoms with E-state index in [0.29, 0.717) is 8.32 Å². The van der Waals surface area contributed by atoms with Crippen molar-refractivity contribution in [3.8, 4) is 0 Å². The largest absolute Gasteiger partial charge is 0.129 e. The molecule has 0 radical (unpaired) electrons. The fourth-order valence-corrected chi connectivity index (χ4v) is 13.4. The molecule has 0 aliphatic carbocycles. The molecule has 0 saturated carbocycles. The number of hydrogen-bond acceptors (Lipinski definition) is 4. The summed E-state index contributed by atoms with van der Waals surface area (Å²) in [6.45, 7) is 4.61. The lowest BCUT2D eigenvalue weighted by Gasteiger charge is -2.10. The van der Waals surface area contributed by atoms with Crippen LogP contribution in [-0.2, 0) is 0 Å². The Kier molecular flexibility index (Phi) is 26.6. The molecular formula is C36H64Br2S4. The summed E-state index contributed by atoms with van der Waals surface area (Å²) in [6, 6.07) is 0. The van der Waals surface area contributed by atoms with Gasteiger partial charge >= 0.3 is 0 Å². The zero-order valence-corrected chi connectivity index (χ0v) is 33.8. The Morgan fingerprint density at radius 3 is 1.00 bits per heavy atom. The summed E-state index contributed by atoms with van der Waals surface area (Å²) in [6.07, 6.45) is 36.8. The molecule has 42 heavy (non-hydrogen) atoms.